The number of nitrogens with zero attached hydrogens (tertiary/aromatic N) is 3. The maximum absolute atomic E-state index is 12.0. The van der Waals surface area contributed by atoms with Gasteiger partial charge in [0.15, 0.2) is 0 Å². The topological polar surface area (TPSA) is 85.8 Å². The predicted molar refractivity (Wildman–Crippen MR) is 97.6 cm³/mol. The van der Waals surface area contributed by atoms with Crippen molar-refractivity contribution in [1.29, 1.82) is 0 Å². The molecule has 3 rings (SSSR count). The summed E-state index contributed by atoms with van der Waals surface area (Å²) in [6, 6.07) is 4.03. The highest BCUT2D eigenvalue weighted by Gasteiger charge is 2.25. The fourth-order valence-corrected chi connectivity index (χ4v) is 2.94. The third-order valence-electron chi connectivity index (χ3n) is 4.23. The van der Waals surface area contributed by atoms with Crippen molar-refractivity contribution in [2.45, 2.75) is 38.3 Å². The molecule has 24 heavy (non-hydrogen) atoms. The Labute approximate surface area is 154 Å². The van der Waals surface area contributed by atoms with Crippen LogP contribution in [0.1, 0.15) is 31.2 Å². The molecular formula is C16H23Cl2N5O. The third-order valence-corrected chi connectivity index (χ3v) is 4.23. The highest BCUT2D eigenvalue weighted by molar-refractivity contribution is 5.85. The molecule has 0 aromatic carbocycles. The Morgan fingerprint density at radius 3 is 2.83 bits per heavy atom. The molecule has 6 nitrogen and oxygen atoms in total. The fraction of sp³-hybridized carbons (Fsp3) is 0.438. The van der Waals surface area contributed by atoms with Gasteiger partial charge in [0.25, 0.3) is 0 Å². The molecule has 1 amide bonds. The number of hydrogen-bond donors (Lipinski definition) is 2. The minimum Gasteiger partial charge on any atom is -0.352 e. The van der Waals surface area contributed by atoms with Gasteiger partial charge in [0.1, 0.15) is 12.1 Å². The van der Waals surface area contributed by atoms with Crippen molar-refractivity contribution in [3.8, 4) is 5.82 Å². The van der Waals surface area contributed by atoms with Crippen molar-refractivity contribution in [2.75, 3.05) is 0 Å². The van der Waals surface area contributed by atoms with E-state index in [1.807, 2.05) is 22.9 Å². The van der Waals surface area contributed by atoms with E-state index in [4.69, 9.17) is 5.73 Å². The highest BCUT2D eigenvalue weighted by Crippen LogP contribution is 2.26. The maximum atomic E-state index is 12.0. The largest absolute Gasteiger partial charge is 0.352 e. The number of halogens is 2. The van der Waals surface area contributed by atoms with Gasteiger partial charge >= 0.3 is 0 Å². The van der Waals surface area contributed by atoms with Crippen molar-refractivity contribution in [3.05, 3.63) is 42.6 Å². The van der Waals surface area contributed by atoms with Gasteiger partial charge in [0, 0.05) is 37.6 Å². The van der Waals surface area contributed by atoms with Crippen LogP contribution >= 0.6 is 24.8 Å². The van der Waals surface area contributed by atoms with E-state index in [0.717, 1.165) is 30.6 Å². The van der Waals surface area contributed by atoms with E-state index < -0.39 is 0 Å². The Kier molecular flexibility index (Phi) is 8.18. The monoisotopic (exact) mass is 371 g/mol. The van der Waals surface area contributed by atoms with E-state index in [1.165, 1.54) is 0 Å². The molecule has 1 fully saturated rings. The van der Waals surface area contributed by atoms with Crippen molar-refractivity contribution < 1.29 is 4.79 Å². The molecule has 132 valence electrons. The van der Waals surface area contributed by atoms with Gasteiger partial charge in [-0.25, -0.2) is 9.97 Å². The molecule has 1 aliphatic rings. The number of aromatic nitrogens is 3. The zero-order chi connectivity index (χ0) is 15.4. The summed E-state index contributed by atoms with van der Waals surface area (Å²) in [5.74, 6) is 1.20. The smallest absolute Gasteiger partial charge is 0.220 e. The molecule has 1 saturated carbocycles. The molecule has 8 heteroatoms. The predicted octanol–water partition coefficient (Wildman–Crippen LogP) is 2.24. The number of carbonyl (C=O) groups is 1. The van der Waals surface area contributed by atoms with Gasteiger partial charge in [-0.1, -0.05) is 6.42 Å². The Morgan fingerprint density at radius 1 is 1.33 bits per heavy atom. The van der Waals surface area contributed by atoms with Crippen LogP contribution in [0.3, 0.4) is 0 Å². The second kappa shape index (κ2) is 9.61. The molecule has 0 aliphatic heterocycles. The number of imidazole rings is 1. The average Bonchev–Trinajstić information content (AvgIpc) is 3.18. The minimum atomic E-state index is 0. The second-order valence-electron chi connectivity index (χ2n) is 5.83. The summed E-state index contributed by atoms with van der Waals surface area (Å²) in [5.41, 5.74) is 7.03. The van der Waals surface area contributed by atoms with Crippen LogP contribution in [0.5, 0.6) is 0 Å². The van der Waals surface area contributed by atoms with Crippen LogP contribution in [0.2, 0.25) is 0 Å². The van der Waals surface area contributed by atoms with Crippen molar-refractivity contribution in [2.24, 2.45) is 11.7 Å². The highest BCUT2D eigenvalue weighted by atomic mass is 35.5. The summed E-state index contributed by atoms with van der Waals surface area (Å²) in [6.45, 7) is 0.505. The maximum Gasteiger partial charge on any atom is 0.220 e. The lowest BCUT2D eigenvalue weighted by Crippen LogP contribution is -2.31. The molecule has 2 atom stereocenters. The van der Waals surface area contributed by atoms with Crippen LogP contribution in [0.25, 0.3) is 5.82 Å². The molecule has 0 unspecified atom stereocenters. The Bertz CT molecular complexity index is 635. The van der Waals surface area contributed by atoms with Crippen LogP contribution in [-0.2, 0) is 11.3 Å². The minimum absolute atomic E-state index is 0. The van der Waals surface area contributed by atoms with E-state index in [0.29, 0.717) is 18.9 Å². The SMILES string of the molecule is Cl.Cl.N[C@@H]1CCC[C@H]1CC(=O)NCc1ccnc(-n2ccnc2)c1. The molecule has 2 aromatic heterocycles. The zero-order valence-corrected chi connectivity index (χ0v) is 14.9. The number of nitrogens with two attached hydrogens (primary N) is 1. The second-order valence-corrected chi connectivity index (χ2v) is 5.83. The van der Waals surface area contributed by atoms with E-state index in [9.17, 15) is 4.79 Å². The van der Waals surface area contributed by atoms with Crippen LogP contribution in [0.15, 0.2) is 37.1 Å². The van der Waals surface area contributed by atoms with Crippen molar-refractivity contribution in [3.63, 3.8) is 0 Å². The zero-order valence-electron chi connectivity index (χ0n) is 13.3. The lowest BCUT2D eigenvalue weighted by molar-refractivity contribution is -0.122. The first-order chi connectivity index (χ1) is 10.7. The Hall–Kier alpha value is -1.63. The van der Waals surface area contributed by atoms with Gasteiger partial charge in [-0.3, -0.25) is 9.36 Å². The van der Waals surface area contributed by atoms with Gasteiger partial charge in [0.05, 0.1) is 0 Å². The van der Waals surface area contributed by atoms with Crippen molar-refractivity contribution >= 4 is 30.7 Å². The van der Waals surface area contributed by atoms with Crippen molar-refractivity contribution in [1.82, 2.24) is 19.9 Å². The Balaban J connectivity index is 0.00000144. The quantitative estimate of drug-likeness (QED) is 0.843. The number of nitrogens with one attached hydrogen (secondary N) is 1. The number of rotatable bonds is 5. The van der Waals surface area contributed by atoms with E-state index in [1.54, 1.807) is 18.7 Å². The molecule has 0 radical (unpaired) electrons. The van der Waals surface area contributed by atoms with Gasteiger partial charge in [-0.05, 0) is 36.5 Å². The summed E-state index contributed by atoms with van der Waals surface area (Å²) in [6.07, 6.45) is 10.8. The van der Waals surface area contributed by atoms with Gasteiger partial charge in [-0.2, -0.15) is 0 Å². The van der Waals surface area contributed by atoms with Crippen LogP contribution in [0, 0.1) is 5.92 Å². The van der Waals surface area contributed by atoms with Gasteiger partial charge in [0.2, 0.25) is 5.91 Å². The molecule has 0 bridgehead atoms. The molecule has 1 aliphatic carbocycles. The molecule has 0 spiro atoms. The first-order valence-electron chi connectivity index (χ1n) is 7.68. The third kappa shape index (κ3) is 5.19. The first kappa shape index (κ1) is 20.4. The fourth-order valence-electron chi connectivity index (χ4n) is 2.94. The molecular weight excluding hydrogens is 349 g/mol. The lowest BCUT2D eigenvalue weighted by Gasteiger charge is -2.14. The summed E-state index contributed by atoms with van der Waals surface area (Å²) in [5, 5.41) is 2.97. The normalized spacial score (nSPS) is 19.2. The van der Waals surface area contributed by atoms with Gasteiger partial charge < -0.3 is 11.1 Å². The van der Waals surface area contributed by atoms with Crippen LogP contribution in [-0.4, -0.2) is 26.5 Å². The molecule has 3 N–H and O–H groups in total. The molecule has 2 heterocycles. The summed E-state index contributed by atoms with van der Waals surface area (Å²) in [7, 11) is 0. The number of pyridine rings is 1. The Morgan fingerprint density at radius 2 is 2.17 bits per heavy atom. The molecule has 2 aromatic rings. The summed E-state index contributed by atoms with van der Waals surface area (Å²) in [4.78, 5) is 20.3. The number of amides is 1. The number of hydrogen-bond acceptors (Lipinski definition) is 4. The van der Waals surface area contributed by atoms with Gasteiger partial charge in [-0.15, -0.1) is 24.8 Å². The number of carbonyl (C=O) groups excluding carboxylic acids is 1. The van der Waals surface area contributed by atoms with E-state index in [2.05, 4.69) is 15.3 Å². The lowest BCUT2D eigenvalue weighted by atomic mass is 10.00. The average molecular weight is 372 g/mol. The summed E-state index contributed by atoms with van der Waals surface area (Å²) >= 11 is 0. The van der Waals surface area contributed by atoms with Crippen LogP contribution < -0.4 is 11.1 Å². The van der Waals surface area contributed by atoms with Crippen LogP contribution in [0.4, 0.5) is 0 Å². The first-order valence-corrected chi connectivity index (χ1v) is 7.68. The molecule has 0 saturated heterocycles. The standard InChI is InChI=1S/C16H21N5O.2ClH/c17-14-3-1-2-13(14)9-16(22)20-10-12-4-5-19-15(8-12)21-7-6-18-11-21;;/h4-8,11,13-14H,1-3,9-10,17H2,(H,20,22);2*1H/t13-,14+;;/m0../s1. The van der Waals surface area contributed by atoms with E-state index >= 15 is 0 Å². The summed E-state index contributed by atoms with van der Waals surface area (Å²) < 4.78 is 1.84. The van der Waals surface area contributed by atoms with E-state index in [-0.39, 0.29) is 36.8 Å².